The first-order valence-electron chi connectivity index (χ1n) is 22.4. The van der Waals surface area contributed by atoms with Crippen LogP contribution in [-0.4, -0.2) is 18.7 Å². The number of hydrogen-bond donors (Lipinski definition) is 0. The minimum absolute atomic E-state index is 0. The Morgan fingerprint density at radius 1 is 0.613 bits per heavy atom. The van der Waals surface area contributed by atoms with Crippen molar-refractivity contribution in [2.45, 2.75) is 26.2 Å². The molecule has 0 N–H and O–H groups in total. The molecule has 0 unspecified atom stereocenters. The molecule has 5 heterocycles. The summed E-state index contributed by atoms with van der Waals surface area (Å²) in [4.78, 5) is 9.19. The molecule has 7 aromatic carbocycles. The molecule has 4 aromatic heterocycles. The molecule has 0 amide bonds. The van der Waals surface area contributed by atoms with E-state index in [0.29, 0.717) is 39.1 Å². The first kappa shape index (κ1) is 33.8. The summed E-state index contributed by atoms with van der Waals surface area (Å²) in [6.45, 7) is 8.52. The second-order valence-corrected chi connectivity index (χ2v) is 16.8. The summed E-state index contributed by atoms with van der Waals surface area (Å²) in [5.74, 6) is 1.39. The van der Waals surface area contributed by atoms with E-state index in [1.807, 2.05) is 36.4 Å². The Hall–Kier alpha value is -6.82. The van der Waals surface area contributed by atoms with Crippen LogP contribution in [0.4, 0.5) is 22.7 Å². The van der Waals surface area contributed by atoms with Gasteiger partial charge >= 0.3 is 0 Å². The molecule has 0 radical (unpaired) electrons. The smallest absolute Gasteiger partial charge is 0.135 e. The normalized spacial score (nSPS) is 13.9. The number of fused-ring (bicyclic) bond motifs is 10. The van der Waals surface area contributed by atoms with Gasteiger partial charge in [-0.05, 0) is 64.9 Å². The Morgan fingerprint density at radius 2 is 1.26 bits per heavy atom. The van der Waals surface area contributed by atoms with Crippen molar-refractivity contribution in [2.24, 2.45) is 14.1 Å². The summed E-state index contributed by atoms with van der Waals surface area (Å²) < 4.78 is 48.1. The van der Waals surface area contributed by atoms with Crippen molar-refractivity contribution in [2.75, 3.05) is 9.80 Å². The molecule has 0 fully saturated rings. The molecule has 8 heteroatoms. The van der Waals surface area contributed by atoms with E-state index in [4.69, 9.17) is 15.2 Å². The van der Waals surface area contributed by atoms with Crippen LogP contribution >= 0.6 is 0 Å². The van der Waals surface area contributed by atoms with E-state index in [0.717, 1.165) is 39.3 Å². The fourth-order valence-corrected chi connectivity index (χ4v) is 9.35. The van der Waals surface area contributed by atoms with Crippen molar-refractivity contribution in [1.82, 2.24) is 18.7 Å². The van der Waals surface area contributed by atoms with Gasteiger partial charge in [0.1, 0.15) is 5.82 Å². The number of benzene rings is 7. The molecular formula is C54H41N6OPt-3. The largest absolute Gasteiger partial charge is 0.509 e. The quantitative estimate of drug-likeness (QED) is 0.161. The summed E-state index contributed by atoms with van der Waals surface area (Å²) in [7, 11) is 4.31. The maximum atomic E-state index is 9.03. The number of hydrogen-bond acceptors (Lipinski definition) is 4. The van der Waals surface area contributed by atoms with Gasteiger partial charge in [0.15, 0.2) is 0 Å². The van der Waals surface area contributed by atoms with Gasteiger partial charge in [-0.2, -0.15) is 12.1 Å². The van der Waals surface area contributed by atoms with Crippen LogP contribution < -0.4 is 14.5 Å². The number of para-hydroxylation sites is 5. The van der Waals surface area contributed by atoms with Crippen molar-refractivity contribution in [1.29, 1.82) is 0 Å². The molecule has 0 saturated carbocycles. The molecule has 11 aromatic rings. The SMILES string of the molecule is [2H]c1c([2H])c([2H])c2c(c1[2H])c1ccc(Oc3[c-]c(N4[CH-]N(c5c6c(cc7c8ccccc8n(C)c57)c5ccccc5n6C)c5ccccc54)ccc3)[c-]c1n2-c1cc(C(C)(C)C)ccn1.[Pt]. The first-order chi connectivity index (χ1) is 31.4. The van der Waals surface area contributed by atoms with Crippen molar-refractivity contribution >= 4 is 88.2 Å². The van der Waals surface area contributed by atoms with Gasteiger partial charge in [0.2, 0.25) is 0 Å². The molecule has 306 valence electrons. The van der Waals surface area contributed by atoms with Crippen LogP contribution in [0, 0.1) is 18.8 Å². The zero-order chi connectivity index (χ0) is 44.6. The number of rotatable bonds is 5. The second kappa shape index (κ2) is 14.1. The van der Waals surface area contributed by atoms with Crippen LogP contribution in [0.1, 0.15) is 31.8 Å². The van der Waals surface area contributed by atoms with Gasteiger partial charge in [0.05, 0.1) is 22.2 Å². The van der Waals surface area contributed by atoms with E-state index in [-0.39, 0.29) is 50.6 Å². The molecule has 7 nitrogen and oxygen atoms in total. The zero-order valence-corrected chi connectivity index (χ0v) is 36.9. The average molecular weight is 989 g/mol. The van der Waals surface area contributed by atoms with Crippen LogP contribution in [0.5, 0.6) is 11.5 Å². The van der Waals surface area contributed by atoms with Gasteiger partial charge in [0, 0.05) is 102 Å². The van der Waals surface area contributed by atoms with E-state index >= 15 is 0 Å². The Kier molecular flexibility index (Phi) is 7.71. The van der Waals surface area contributed by atoms with Gasteiger partial charge in [-0.15, -0.1) is 48.1 Å². The standard InChI is InChI=1S/C54H41N6O.Pt/c1-54(2,3)34-27-28-55-50(29-34)60-46-22-11-8-17-38(46)41-26-25-37(31-49(41)60)61-36-16-14-15-35(30-36)58-33-59(48-24-13-12-23-47(48)58)53-51-42(39-18-6-9-20-44(39)56(51)4)32-43-40-19-7-10-21-45(40)57(5)52(43)53;/h6-29,32-33H,1-5H3;/q-3;/i8D,11D,17D,22D;. The van der Waals surface area contributed by atoms with Gasteiger partial charge in [-0.25, -0.2) is 4.98 Å². The zero-order valence-electron chi connectivity index (χ0n) is 38.6. The van der Waals surface area contributed by atoms with Crippen molar-refractivity contribution in [3.05, 3.63) is 176 Å². The molecule has 12 rings (SSSR count). The van der Waals surface area contributed by atoms with Crippen LogP contribution in [0.2, 0.25) is 0 Å². The van der Waals surface area contributed by atoms with Gasteiger partial charge in [-0.1, -0.05) is 92.9 Å². The Balaban J connectivity index is 0.00000481. The summed E-state index contributed by atoms with van der Waals surface area (Å²) in [5.41, 5.74) is 10.2. The third-order valence-corrected chi connectivity index (χ3v) is 12.3. The molecule has 0 atom stereocenters. The van der Waals surface area contributed by atoms with Gasteiger partial charge < -0.3 is 28.2 Å². The molecule has 0 aliphatic carbocycles. The first-order valence-corrected chi connectivity index (χ1v) is 20.4. The van der Waals surface area contributed by atoms with Gasteiger partial charge in [-0.3, -0.25) is 0 Å². The fourth-order valence-electron chi connectivity index (χ4n) is 9.35. The third kappa shape index (κ3) is 5.64. The Bertz CT molecular complexity index is 3730. The summed E-state index contributed by atoms with van der Waals surface area (Å²) in [6, 6.07) is 47.5. The topological polar surface area (TPSA) is 43.4 Å². The monoisotopic (exact) mass is 988 g/mol. The number of aryl methyl sites for hydroxylation is 2. The van der Waals surface area contributed by atoms with Crippen molar-refractivity contribution in [3.8, 4) is 17.3 Å². The minimum Gasteiger partial charge on any atom is -0.509 e. The van der Waals surface area contributed by atoms with E-state index < -0.39 is 0 Å². The summed E-state index contributed by atoms with van der Waals surface area (Å²) >= 11 is 0. The molecule has 1 aliphatic rings. The van der Waals surface area contributed by atoms with Crippen LogP contribution in [0.25, 0.3) is 71.2 Å². The van der Waals surface area contributed by atoms with Gasteiger partial charge in [0.25, 0.3) is 0 Å². The number of pyridine rings is 1. The van der Waals surface area contributed by atoms with E-state index in [9.17, 15) is 0 Å². The third-order valence-electron chi connectivity index (χ3n) is 12.3. The minimum atomic E-state index is -0.310. The molecule has 62 heavy (non-hydrogen) atoms. The van der Waals surface area contributed by atoms with Crippen LogP contribution in [0.15, 0.2) is 152 Å². The maximum absolute atomic E-state index is 9.03. The van der Waals surface area contributed by atoms with Crippen LogP contribution in [-0.2, 0) is 40.6 Å². The molecule has 1 aliphatic heterocycles. The van der Waals surface area contributed by atoms with Crippen LogP contribution in [0.3, 0.4) is 0 Å². The number of ether oxygens (including phenoxy) is 1. The Labute approximate surface area is 379 Å². The molecule has 0 saturated heterocycles. The van der Waals surface area contributed by atoms with Crippen molar-refractivity contribution < 1.29 is 31.3 Å². The Morgan fingerprint density at radius 3 is 1.97 bits per heavy atom. The molecule has 0 spiro atoms. The number of nitrogens with zero attached hydrogens (tertiary/aromatic N) is 6. The summed E-state index contributed by atoms with van der Waals surface area (Å²) in [6.07, 6.45) is 1.74. The number of anilines is 4. The van der Waals surface area contributed by atoms with Crippen molar-refractivity contribution in [3.63, 3.8) is 0 Å². The second-order valence-electron chi connectivity index (χ2n) is 16.8. The number of aromatic nitrogens is 4. The van der Waals surface area contributed by atoms with E-state index in [1.54, 1.807) is 16.8 Å². The molecular weight excluding hydrogens is 944 g/mol. The molecule has 0 bridgehead atoms. The van der Waals surface area contributed by atoms with E-state index in [1.165, 1.54) is 32.6 Å². The predicted octanol–water partition coefficient (Wildman–Crippen LogP) is 13.6. The average Bonchev–Trinajstić information content (AvgIpc) is 4.04. The maximum Gasteiger partial charge on any atom is 0.135 e. The fraction of sp³-hybridized carbons (Fsp3) is 0.111. The van der Waals surface area contributed by atoms with E-state index in [2.05, 4.69) is 151 Å². The summed E-state index contributed by atoms with van der Waals surface area (Å²) in [5, 5.41) is 5.81. The predicted molar refractivity (Wildman–Crippen MR) is 251 cm³/mol.